The molecule has 0 aliphatic heterocycles. The molecule has 2 atom stereocenters. The Morgan fingerprint density at radius 3 is 2.33 bits per heavy atom. The van der Waals surface area contributed by atoms with Crippen molar-refractivity contribution in [1.82, 2.24) is 0 Å². The average molecular weight is 428 g/mol. The van der Waals surface area contributed by atoms with Gasteiger partial charge in [-0.3, -0.25) is 9.54 Å². The van der Waals surface area contributed by atoms with E-state index >= 15 is 0 Å². The first kappa shape index (κ1) is 22.0. The standard InChI is InChI=1S/C23H25NO5S/c1-4-16(2)23(28-25)20-11-9-18(10-12-20)17(3)24-29-30(26,27)22-14-13-19-7-5-6-8-21(19)15-22/h5-16,23,25H,4H2,1-3H3/b24-17-. The molecule has 0 saturated heterocycles. The molecule has 3 aromatic carbocycles. The number of rotatable bonds is 8. The normalized spacial score (nSPS) is 14.5. The molecule has 3 rings (SSSR count). The van der Waals surface area contributed by atoms with Crippen molar-refractivity contribution in [3.8, 4) is 0 Å². The summed E-state index contributed by atoms with van der Waals surface area (Å²) in [6.45, 7) is 5.68. The molecule has 0 aromatic heterocycles. The van der Waals surface area contributed by atoms with Crippen molar-refractivity contribution in [2.75, 3.05) is 0 Å². The first-order chi connectivity index (χ1) is 14.4. The lowest BCUT2D eigenvalue weighted by Gasteiger charge is -2.20. The fraction of sp³-hybridized carbons (Fsp3) is 0.261. The van der Waals surface area contributed by atoms with E-state index in [9.17, 15) is 13.7 Å². The van der Waals surface area contributed by atoms with E-state index < -0.39 is 16.2 Å². The van der Waals surface area contributed by atoms with Crippen LogP contribution >= 0.6 is 0 Å². The Bertz CT molecular complexity index is 1140. The number of benzene rings is 3. The van der Waals surface area contributed by atoms with Crippen LogP contribution in [0.3, 0.4) is 0 Å². The van der Waals surface area contributed by atoms with Gasteiger partial charge in [0.1, 0.15) is 11.0 Å². The maximum Gasteiger partial charge on any atom is 0.358 e. The summed E-state index contributed by atoms with van der Waals surface area (Å²) in [7, 11) is -4.04. The lowest BCUT2D eigenvalue weighted by Crippen LogP contribution is -2.11. The Labute approximate surface area is 176 Å². The van der Waals surface area contributed by atoms with E-state index in [4.69, 9.17) is 4.28 Å². The van der Waals surface area contributed by atoms with Crippen LogP contribution in [-0.2, 0) is 19.3 Å². The zero-order valence-electron chi connectivity index (χ0n) is 17.1. The number of fused-ring (bicyclic) bond motifs is 1. The van der Waals surface area contributed by atoms with E-state index in [2.05, 4.69) is 10.0 Å². The predicted octanol–water partition coefficient (Wildman–Crippen LogP) is 5.55. The summed E-state index contributed by atoms with van der Waals surface area (Å²) in [5.41, 5.74) is 1.94. The molecule has 0 saturated carbocycles. The lowest BCUT2D eigenvalue weighted by molar-refractivity contribution is -0.293. The van der Waals surface area contributed by atoms with Gasteiger partial charge in [0.25, 0.3) is 0 Å². The summed E-state index contributed by atoms with van der Waals surface area (Å²) in [6, 6.07) is 19.5. The summed E-state index contributed by atoms with van der Waals surface area (Å²) >= 11 is 0. The Morgan fingerprint density at radius 2 is 1.70 bits per heavy atom. The predicted molar refractivity (Wildman–Crippen MR) is 117 cm³/mol. The van der Waals surface area contributed by atoms with Gasteiger partial charge in [0, 0.05) is 0 Å². The van der Waals surface area contributed by atoms with Gasteiger partial charge in [-0.15, -0.1) is 0 Å². The van der Waals surface area contributed by atoms with Crippen molar-refractivity contribution in [3.63, 3.8) is 0 Å². The second kappa shape index (κ2) is 9.38. The number of hydrogen-bond donors (Lipinski definition) is 1. The van der Waals surface area contributed by atoms with Crippen molar-refractivity contribution < 1.29 is 22.8 Å². The molecule has 0 aliphatic carbocycles. The van der Waals surface area contributed by atoms with Gasteiger partial charge >= 0.3 is 10.1 Å². The van der Waals surface area contributed by atoms with Crippen LogP contribution in [0.25, 0.3) is 10.8 Å². The van der Waals surface area contributed by atoms with Gasteiger partial charge < -0.3 is 0 Å². The topological polar surface area (TPSA) is 85.2 Å². The van der Waals surface area contributed by atoms with Crippen LogP contribution in [0.15, 0.2) is 76.8 Å². The molecule has 1 N–H and O–H groups in total. The first-order valence-corrected chi connectivity index (χ1v) is 11.1. The van der Waals surface area contributed by atoms with Gasteiger partial charge in [0.15, 0.2) is 0 Å². The second-order valence-electron chi connectivity index (χ2n) is 7.25. The minimum Gasteiger partial charge on any atom is -0.265 e. The Kier molecular flexibility index (Phi) is 6.87. The molecule has 30 heavy (non-hydrogen) atoms. The Hall–Kier alpha value is -2.74. The highest BCUT2D eigenvalue weighted by atomic mass is 32.2. The highest BCUT2D eigenvalue weighted by Gasteiger charge is 2.19. The Balaban J connectivity index is 1.77. The summed E-state index contributed by atoms with van der Waals surface area (Å²) < 4.78 is 30.0. The van der Waals surface area contributed by atoms with E-state index in [0.717, 1.165) is 22.8 Å². The molecule has 2 unspecified atom stereocenters. The average Bonchev–Trinajstić information content (AvgIpc) is 2.78. The van der Waals surface area contributed by atoms with Crippen LogP contribution in [0.5, 0.6) is 0 Å². The third kappa shape index (κ3) is 4.87. The Morgan fingerprint density at radius 1 is 1.03 bits per heavy atom. The monoisotopic (exact) mass is 427 g/mol. The summed E-state index contributed by atoms with van der Waals surface area (Å²) in [4.78, 5) is 4.67. The number of hydrogen-bond acceptors (Lipinski definition) is 6. The second-order valence-corrected chi connectivity index (χ2v) is 8.78. The van der Waals surface area contributed by atoms with E-state index in [0.29, 0.717) is 11.3 Å². The third-order valence-corrected chi connectivity index (χ3v) is 6.32. The minimum atomic E-state index is -4.04. The molecule has 7 heteroatoms. The maximum atomic E-state index is 12.5. The molecule has 0 bridgehead atoms. The van der Waals surface area contributed by atoms with Crippen LogP contribution < -0.4 is 0 Å². The van der Waals surface area contributed by atoms with Crippen molar-refractivity contribution in [2.24, 2.45) is 11.1 Å². The highest BCUT2D eigenvalue weighted by molar-refractivity contribution is 7.86. The molecule has 0 fully saturated rings. The third-order valence-electron chi connectivity index (χ3n) is 5.21. The quantitative estimate of drug-likeness (QED) is 0.290. The van der Waals surface area contributed by atoms with Gasteiger partial charge in [-0.25, -0.2) is 4.89 Å². The first-order valence-electron chi connectivity index (χ1n) is 9.73. The van der Waals surface area contributed by atoms with Crippen LogP contribution in [0.1, 0.15) is 44.4 Å². The number of oxime groups is 1. The van der Waals surface area contributed by atoms with Gasteiger partial charge in [-0.05, 0) is 46.9 Å². The summed E-state index contributed by atoms with van der Waals surface area (Å²) in [5, 5.41) is 14.8. The van der Waals surface area contributed by atoms with Gasteiger partial charge in [-0.1, -0.05) is 80.0 Å². The van der Waals surface area contributed by atoms with E-state index in [1.807, 2.05) is 50.2 Å². The number of nitrogens with zero attached hydrogens (tertiary/aromatic N) is 1. The maximum absolute atomic E-state index is 12.5. The molecule has 3 aromatic rings. The van der Waals surface area contributed by atoms with Crippen molar-refractivity contribution in [3.05, 3.63) is 77.9 Å². The van der Waals surface area contributed by atoms with E-state index in [-0.39, 0.29) is 10.8 Å². The van der Waals surface area contributed by atoms with Crippen molar-refractivity contribution in [1.29, 1.82) is 0 Å². The molecule has 0 heterocycles. The molecule has 0 radical (unpaired) electrons. The molecular weight excluding hydrogens is 402 g/mol. The molecular formula is C23H25NO5S. The lowest BCUT2D eigenvalue weighted by atomic mass is 9.94. The summed E-state index contributed by atoms with van der Waals surface area (Å²) in [6.07, 6.45) is 0.430. The van der Waals surface area contributed by atoms with Crippen LogP contribution in [0, 0.1) is 5.92 Å². The molecule has 158 valence electrons. The van der Waals surface area contributed by atoms with Gasteiger partial charge in [-0.2, -0.15) is 8.42 Å². The largest absolute Gasteiger partial charge is 0.358 e. The summed E-state index contributed by atoms with van der Waals surface area (Å²) in [5.74, 6) is 0.144. The molecule has 6 nitrogen and oxygen atoms in total. The van der Waals surface area contributed by atoms with Crippen LogP contribution in [0.4, 0.5) is 0 Å². The molecule has 0 spiro atoms. The van der Waals surface area contributed by atoms with Gasteiger partial charge in [0.2, 0.25) is 0 Å². The van der Waals surface area contributed by atoms with Crippen molar-refractivity contribution in [2.45, 2.75) is 38.2 Å². The minimum absolute atomic E-state index is 0.0459. The zero-order valence-corrected chi connectivity index (χ0v) is 18.0. The smallest absolute Gasteiger partial charge is 0.265 e. The van der Waals surface area contributed by atoms with Gasteiger partial charge in [0.05, 0.1) is 5.71 Å². The molecule has 0 amide bonds. The highest BCUT2D eigenvalue weighted by Crippen LogP contribution is 2.27. The fourth-order valence-electron chi connectivity index (χ4n) is 3.14. The van der Waals surface area contributed by atoms with E-state index in [1.54, 1.807) is 31.2 Å². The zero-order chi connectivity index (χ0) is 21.7. The van der Waals surface area contributed by atoms with Crippen LogP contribution in [-0.4, -0.2) is 19.4 Å². The SMILES string of the molecule is CCC(C)C(OO)c1ccc(/C(C)=N\OS(=O)(=O)c2ccc3ccccc3c2)cc1. The molecule has 0 aliphatic rings. The fourth-order valence-corrected chi connectivity index (χ4v) is 3.95. The van der Waals surface area contributed by atoms with E-state index in [1.165, 1.54) is 6.07 Å². The van der Waals surface area contributed by atoms with Crippen molar-refractivity contribution >= 4 is 26.6 Å². The van der Waals surface area contributed by atoms with Crippen LogP contribution in [0.2, 0.25) is 0 Å².